The van der Waals surface area contributed by atoms with E-state index < -0.39 is 16.8 Å². The molecule has 0 spiro atoms. The van der Waals surface area contributed by atoms with Crippen molar-refractivity contribution in [3.05, 3.63) is 51.8 Å². The fraction of sp³-hybridized carbons (Fsp3) is 0. The second kappa shape index (κ2) is 5.33. The number of hydrogen-bond donors (Lipinski definition) is 4. The Morgan fingerprint density at radius 1 is 1.29 bits per heavy atom. The summed E-state index contributed by atoms with van der Waals surface area (Å²) in [6.45, 7) is 0. The number of rotatable bonds is 4. The number of aromatic amines is 1. The summed E-state index contributed by atoms with van der Waals surface area (Å²) in [6.07, 6.45) is 1.04. The number of carboxylic acid groups (broad SMARTS) is 1. The first-order valence-electron chi connectivity index (χ1n) is 5.59. The summed E-state index contributed by atoms with van der Waals surface area (Å²) in [5.74, 6) is -2.30. The summed E-state index contributed by atoms with van der Waals surface area (Å²) in [4.78, 5) is 34.9. The van der Waals surface area contributed by atoms with Crippen LogP contribution in [0.4, 0.5) is 11.4 Å². The number of anilines is 1. The number of amides is 1. The molecule has 9 heteroatoms. The van der Waals surface area contributed by atoms with Gasteiger partial charge in [-0.1, -0.05) is 0 Å². The van der Waals surface area contributed by atoms with Crippen LogP contribution < -0.4 is 5.32 Å². The molecule has 1 heterocycles. The SMILES string of the molecule is O=C(O)c1ccc(O)c(NC(=O)c2cc([N+](=O)[O-])c[nH]2)c1. The quantitative estimate of drug-likeness (QED) is 0.382. The van der Waals surface area contributed by atoms with E-state index >= 15 is 0 Å². The number of phenols is 1. The fourth-order valence-corrected chi connectivity index (χ4v) is 1.58. The number of carbonyl (C=O) groups excluding carboxylic acids is 1. The summed E-state index contributed by atoms with van der Waals surface area (Å²) < 4.78 is 0. The van der Waals surface area contributed by atoms with Gasteiger partial charge in [0.05, 0.1) is 22.4 Å². The van der Waals surface area contributed by atoms with Crippen LogP contribution in [0, 0.1) is 10.1 Å². The summed E-state index contributed by atoms with van der Waals surface area (Å²) in [5.41, 5.74) is -0.622. The molecule has 0 fully saturated rings. The number of hydrogen-bond acceptors (Lipinski definition) is 5. The van der Waals surface area contributed by atoms with Crippen LogP contribution in [0.2, 0.25) is 0 Å². The summed E-state index contributed by atoms with van der Waals surface area (Å²) >= 11 is 0. The average molecular weight is 291 g/mol. The summed E-state index contributed by atoms with van der Waals surface area (Å²) in [7, 11) is 0. The van der Waals surface area contributed by atoms with E-state index in [-0.39, 0.29) is 28.4 Å². The molecule has 21 heavy (non-hydrogen) atoms. The zero-order valence-electron chi connectivity index (χ0n) is 10.4. The van der Waals surface area contributed by atoms with Crippen molar-refractivity contribution >= 4 is 23.3 Å². The predicted octanol–water partition coefficient (Wildman–Crippen LogP) is 1.58. The molecule has 0 unspecified atom stereocenters. The van der Waals surface area contributed by atoms with E-state index in [2.05, 4.69) is 10.3 Å². The Morgan fingerprint density at radius 3 is 2.57 bits per heavy atom. The smallest absolute Gasteiger partial charge is 0.335 e. The second-order valence-electron chi connectivity index (χ2n) is 4.02. The highest BCUT2D eigenvalue weighted by atomic mass is 16.6. The molecule has 1 amide bonds. The van der Waals surface area contributed by atoms with Gasteiger partial charge in [0.15, 0.2) is 0 Å². The maximum atomic E-state index is 11.9. The van der Waals surface area contributed by atoms with Crippen molar-refractivity contribution in [2.75, 3.05) is 5.32 Å². The van der Waals surface area contributed by atoms with Gasteiger partial charge in [-0.3, -0.25) is 14.9 Å². The Bertz CT molecular complexity index is 736. The van der Waals surface area contributed by atoms with E-state index in [0.29, 0.717) is 0 Å². The van der Waals surface area contributed by atoms with E-state index in [0.717, 1.165) is 24.4 Å². The minimum Gasteiger partial charge on any atom is -0.506 e. The molecule has 0 radical (unpaired) electrons. The largest absolute Gasteiger partial charge is 0.506 e. The highest BCUT2D eigenvalue weighted by molar-refractivity contribution is 6.04. The predicted molar refractivity (Wildman–Crippen MR) is 70.5 cm³/mol. The van der Waals surface area contributed by atoms with Crippen LogP contribution in [0.25, 0.3) is 0 Å². The number of benzene rings is 1. The third kappa shape index (κ3) is 2.97. The minimum absolute atomic E-state index is 0.0955. The molecule has 0 saturated carbocycles. The van der Waals surface area contributed by atoms with Gasteiger partial charge in [0.2, 0.25) is 0 Å². The molecule has 9 nitrogen and oxygen atoms in total. The van der Waals surface area contributed by atoms with Crippen molar-refractivity contribution in [3.63, 3.8) is 0 Å². The second-order valence-corrected chi connectivity index (χ2v) is 4.02. The van der Waals surface area contributed by atoms with Gasteiger partial charge in [-0.25, -0.2) is 4.79 Å². The molecule has 0 aliphatic heterocycles. The van der Waals surface area contributed by atoms with Crippen molar-refractivity contribution in [3.8, 4) is 5.75 Å². The third-order valence-corrected chi connectivity index (χ3v) is 2.61. The van der Waals surface area contributed by atoms with E-state index in [1.807, 2.05) is 0 Å². The first-order valence-corrected chi connectivity index (χ1v) is 5.59. The van der Waals surface area contributed by atoms with Gasteiger partial charge in [0.25, 0.3) is 11.6 Å². The van der Waals surface area contributed by atoms with E-state index in [9.17, 15) is 24.8 Å². The molecule has 0 atom stereocenters. The first kappa shape index (κ1) is 14.1. The highest BCUT2D eigenvalue weighted by Gasteiger charge is 2.16. The molecule has 2 rings (SSSR count). The Labute approximate surface area is 117 Å². The van der Waals surface area contributed by atoms with Gasteiger partial charge in [-0.05, 0) is 18.2 Å². The van der Waals surface area contributed by atoms with Crippen LogP contribution >= 0.6 is 0 Å². The lowest BCUT2D eigenvalue weighted by Crippen LogP contribution is -2.13. The summed E-state index contributed by atoms with van der Waals surface area (Å²) in [5, 5.41) is 31.2. The number of aromatic carboxylic acids is 1. The van der Waals surface area contributed by atoms with Gasteiger partial charge >= 0.3 is 5.97 Å². The maximum Gasteiger partial charge on any atom is 0.335 e. The lowest BCUT2D eigenvalue weighted by molar-refractivity contribution is -0.384. The summed E-state index contributed by atoms with van der Waals surface area (Å²) in [6, 6.07) is 4.39. The highest BCUT2D eigenvalue weighted by Crippen LogP contribution is 2.25. The molecular weight excluding hydrogens is 282 g/mol. The molecule has 1 aromatic carbocycles. The van der Waals surface area contributed by atoms with Crippen molar-refractivity contribution in [1.29, 1.82) is 0 Å². The molecule has 0 aliphatic carbocycles. The minimum atomic E-state index is -1.22. The van der Waals surface area contributed by atoms with E-state index in [4.69, 9.17) is 5.11 Å². The van der Waals surface area contributed by atoms with Gasteiger partial charge in [0.1, 0.15) is 11.4 Å². The first-order chi connectivity index (χ1) is 9.88. The fourth-order valence-electron chi connectivity index (χ4n) is 1.58. The van der Waals surface area contributed by atoms with Crippen molar-refractivity contribution in [2.24, 2.45) is 0 Å². The van der Waals surface area contributed by atoms with Crippen LogP contribution in [0.1, 0.15) is 20.8 Å². The Kier molecular flexibility index (Phi) is 3.57. The van der Waals surface area contributed by atoms with Crippen molar-refractivity contribution in [1.82, 2.24) is 4.98 Å². The zero-order valence-corrected chi connectivity index (χ0v) is 10.4. The molecular formula is C12H9N3O6. The lowest BCUT2D eigenvalue weighted by Gasteiger charge is -2.07. The molecule has 108 valence electrons. The Morgan fingerprint density at radius 2 is 2.00 bits per heavy atom. The number of nitro groups is 1. The standard InChI is InChI=1S/C12H9N3O6/c16-10-2-1-6(12(18)19)3-8(10)14-11(17)9-4-7(5-13-9)15(20)21/h1-5,13,16H,(H,14,17)(H,18,19). The number of nitrogens with one attached hydrogen (secondary N) is 2. The number of H-pyrrole nitrogens is 1. The van der Waals surface area contributed by atoms with Crippen LogP contribution in [-0.2, 0) is 0 Å². The van der Waals surface area contributed by atoms with Gasteiger partial charge in [0, 0.05) is 6.07 Å². The third-order valence-electron chi connectivity index (χ3n) is 2.61. The van der Waals surface area contributed by atoms with Crippen LogP contribution in [-0.4, -0.2) is 32.0 Å². The molecule has 0 aliphatic rings. The molecule has 0 bridgehead atoms. The molecule has 0 saturated heterocycles. The van der Waals surface area contributed by atoms with Crippen molar-refractivity contribution in [2.45, 2.75) is 0 Å². The topological polar surface area (TPSA) is 146 Å². The monoisotopic (exact) mass is 291 g/mol. The number of aromatic nitrogens is 1. The van der Waals surface area contributed by atoms with E-state index in [1.54, 1.807) is 0 Å². The Hall–Kier alpha value is -3.36. The van der Waals surface area contributed by atoms with E-state index in [1.165, 1.54) is 6.07 Å². The number of aromatic hydroxyl groups is 1. The van der Waals surface area contributed by atoms with Gasteiger partial charge < -0.3 is 20.5 Å². The van der Waals surface area contributed by atoms with Gasteiger partial charge in [-0.15, -0.1) is 0 Å². The van der Waals surface area contributed by atoms with Gasteiger partial charge in [-0.2, -0.15) is 0 Å². The van der Waals surface area contributed by atoms with Crippen LogP contribution in [0.15, 0.2) is 30.5 Å². The van der Waals surface area contributed by atoms with Crippen LogP contribution in [0.3, 0.4) is 0 Å². The number of phenolic OH excluding ortho intramolecular Hbond substituents is 1. The average Bonchev–Trinajstić information content (AvgIpc) is 2.90. The normalized spacial score (nSPS) is 10.1. The maximum absolute atomic E-state index is 11.9. The lowest BCUT2D eigenvalue weighted by atomic mass is 10.2. The Balaban J connectivity index is 2.24. The molecule has 4 N–H and O–H groups in total. The molecule has 2 aromatic rings. The van der Waals surface area contributed by atoms with Crippen molar-refractivity contribution < 1.29 is 24.7 Å². The number of carbonyl (C=O) groups is 2. The number of nitrogens with zero attached hydrogens (tertiary/aromatic N) is 1. The molecule has 1 aromatic heterocycles. The zero-order chi connectivity index (χ0) is 15.6. The number of carboxylic acids is 1. The van der Waals surface area contributed by atoms with Crippen LogP contribution in [0.5, 0.6) is 5.75 Å².